The maximum atomic E-state index is 12.9. The third-order valence-electron chi connectivity index (χ3n) is 4.07. The molecule has 1 aliphatic heterocycles. The molecule has 7 nitrogen and oxygen atoms in total. The zero-order valence-electron chi connectivity index (χ0n) is 13.3. The van der Waals surface area contributed by atoms with E-state index in [0.29, 0.717) is 42.4 Å². The molecular formula is C16H19N3O4S. The van der Waals surface area contributed by atoms with Gasteiger partial charge in [0.2, 0.25) is 15.6 Å². The fourth-order valence-electron chi connectivity index (χ4n) is 3.11. The third-order valence-corrected chi connectivity index (χ3v) is 4.83. The molecule has 0 saturated carbocycles. The number of carbonyl (C=O) groups excluding carboxylic acids is 1. The first-order valence-corrected chi connectivity index (χ1v) is 9.61. The number of nitrogens with one attached hydrogen (secondary N) is 2. The van der Waals surface area contributed by atoms with Crippen molar-refractivity contribution in [2.24, 2.45) is 0 Å². The molecule has 1 fully saturated rings. The number of amides is 1. The minimum atomic E-state index is -3.32. The minimum Gasteiger partial charge on any atom is -0.337 e. The lowest BCUT2D eigenvalue weighted by molar-refractivity contribution is 0.0705. The summed E-state index contributed by atoms with van der Waals surface area (Å²) < 4.78 is 25.4. The summed E-state index contributed by atoms with van der Waals surface area (Å²) in [6.45, 7) is 0.842. The number of piperidine rings is 1. The Balaban J connectivity index is 1.90. The highest BCUT2D eigenvalue weighted by atomic mass is 32.2. The van der Waals surface area contributed by atoms with Crippen LogP contribution in [-0.2, 0) is 10.0 Å². The van der Waals surface area contributed by atoms with Gasteiger partial charge < -0.3 is 9.88 Å². The highest BCUT2D eigenvalue weighted by molar-refractivity contribution is 7.88. The molecule has 0 unspecified atom stereocenters. The topological polar surface area (TPSA) is 99.3 Å². The van der Waals surface area contributed by atoms with Crippen molar-refractivity contribution in [2.75, 3.05) is 19.3 Å². The van der Waals surface area contributed by atoms with Crippen LogP contribution in [0.15, 0.2) is 35.1 Å². The molecule has 0 spiro atoms. The van der Waals surface area contributed by atoms with Gasteiger partial charge in [-0.25, -0.2) is 13.1 Å². The molecule has 2 heterocycles. The van der Waals surface area contributed by atoms with E-state index in [2.05, 4.69) is 9.71 Å². The zero-order valence-corrected chi connectivity index (χ0v) is 14.1. The highest BCUT2D eigenvalue weighted by Gasteiger charge is 2.27. The standard InChI is InChI=1S/C16H19N3O4S/c1-24(22,23)18-11-5-4-8-19(10-11)16(21)13-9-15(20)17-14-7-3-2-6-12(13)14/h2-3,6-7,9,11,18H,4-5,8,10H2,1H3,(H,17,20)/t11-/m0/s1. The van der Waals surface area contributed by atoms with E-state index in [-0.39, 0.29) is 17.5 Å². The number of hydrogen-bond acceptors (Lipinski definition) is 4. The Hall–Kier alpha value is -2.19. The second-order valence-electron chi connectivity index (χ2n) is 6.07. The molecule has 1 aliphatic rings. The number of likely N-dealkylation sites (tertiary alicyclic amines) is 1. The lowest BCUT2D eigenvalue weighted by Gasteiger charge is -2.33. The van der Waals surface area contributed by atoms with Gasteiger partial charge in [0.25, 0.3) is 5.91 Å². The number of benzene rings is 1. The molecule has 0 radical (unpaired) electrons. The molecule has 1 atom stereocenters. The average Bonchev–Trinajstić information content (AvgIpc) is 2.52. The van der Waals surface area contributed by atoms with E-state index in [1.807, 2.05) is 6.07 Å². The van der Waals surface area contributed by atoms with Crippen molar-refractivity contribution in [3.8, 4) is 0 Å². The maximum absolute atomic E-state index is 12.9. The van der Waals surface area contributed by atoms with Crippen molar-refractivity contribution in [3.05, 3.63) is 46.2 Å². The van der Waals surface area contributed by atoms with Crippen LogP contribution in [0.3, 0.4) is 0 Å². The van der Waals surface area contributed by atoms with E-state index < -0.39 is 10.0 Å². The molecule has 0 aliphatic carbocycles. The number of carbonyl (C=O) groups is 1. The van der Waals surface area contributed by atoms with Crippen LogP contribution in [-0.4, -0.2) is 49.6 Å². The summed E-state index contributed by atoms with van der Waals surface area (Å²) in [7, 11) is -3.32. The number of para-hydroxylation sites is 1. The number of H-pyrrole nitrogens is 1. The summed E-state index contributed by atoms with van der Waals surface area (Å²) >= 11 is 0. The Labute approximate surface area is 139 Å². The van der Waals surface area contributed by atoms with E-state index in [1.54, 1.807) is 23.1 Å². The van der Waals surface area contributed by atoms with Gasteiger partial charge in [0.15, 0.2) is 0 Å². The molecule has 128 valence electrons. The summed E-state index contributed by atoms with van der Waals surface area (Å²) in [6.07, 6.45) is 2.50. The summed E-state index contributed by atoms with van der Waals surface area (Å²) in [5.41, 5.74) is 0.616. The number of fused-ring (bicyclic) bond motifs is 1. The van der Waals surface area contributed by atoms with Gasteiger partial charge in [0.1, 0.15) is 0 Å². The Bertz CT molecular complexity index is 936. The second kappa shape index (κ2) is 6.37. The van der Waals surface area contributed by atoms with Crippen molar-refractivity contribution in [3.63, 3.8) is 0 Å². The lowest BCUT2D eigenvalue weighted by atomic mass is 10.0. The molecule has 0 bridgehead atoms. The first-order valence-electron chi connectivity index (χ1n) is 7.72. The van der Waals surface area contributed by atoms with Crippen molar-refractivity contribution in [1.82, 2.24) is 14.6 Å². The predicted octanol–water partition coefficient (Wildman–Crippen LogP) is 0.682. The quantitative estimate of drug-likeness (QED) is 0.851. The normalized spacial score (nSPS) is 18.7. The van der Waals surface area contributed by atoms with Crippen LogP contribution in [0.1, 0.15) is 23.2 Å². The molecule has 8 heteroatoms. The molecule has 3 rings (SSSR count). The molecule has 2 aromatic rings. The molecule has 24 heavy (non-hydrogen) atoms. The van der Waals surface area contributed by atoms with Gasteiger partial charge in [-0.05, 0) is 18.9 Å². The SMILES string of the molecule is CS(=O)(=O)N[C@H]1CCCN(C(=O)c2cc(=O)[nH]c3ccccc23)C1. The van der Waals surface area contributed by atoms with Crippen LogP contribution in [0.5, 0.6) is 0 Å². The maximum Gasteiger partial charge on any atom is 0.254 e. The van der Waals surface area contributed by atoms with E-state index in [0.717, 1.165) is 6.26 Å². The van der Waals surface area contributed by atoms with Gasteiger partial charge >= 0.3 is 0 Å². The number of hydrogen-bond donors (Lipinski definition) is 2. The second-order valence-corrected chi connectivity index (χ2v) is 7.85. The Morgan fingerprint density at radius 3 is 2.83 bits per heavy atom. The molecule has 1 amide bonds. The van der Waals surface area contributed by atoms with Gasteiger partial charge in [0.05, 0.1) is 11.8 Å². The van der Waals surface area contributed by atoms with E-state index in [9.17, 15) is 18.0 Å². The van der Waals surface area contributed by atoms with Crippen LogP contribution >= 0.6 is 0 Å². The van der Waals surface area contributed by atoms with Crippen LogP contribution in [0.25, 0.3) is 10.9 Å². The van der Waals surface area contributed by atoms with Gasteiger partial charge in [0, 0.05) is 36.1 Å². The van der Waals surface area contributed by atoms with Crippen LogP contribution in [0, 0.1) is 0 Å². The largest absolute Gasteiger partial charge is 0.337 e. The molecular weight excluding hydrogens is 330 g/mol. The fraction of sp³-hybridized carbons (Fsp3) is 0.375. The monoisotopic (exact) mass is 349 g/mol. The average molecular weight is 349 g/mol. The Morgan fingerprint density at radius 2 is 2.08 bits per heavy atom. The van der Waals surface area contributed by atoms with E-state index in [1.165, 1.54) is 6.07 Å². The third kappa shape index (κ3) is 3.65. The molecule has 1 aromatic heterocycles. The zero-order chi connectivity index (χ0) is 17.3. The highest BCUT2D eigenvalue weighted by Crippen LogP contribution is 2.19. The van der Waals surface area contributed by atoms with Crippen LogP contribution in [0.2, 0.25) is 0 Å². The molecule has 1 saturated heterocycles. The van der Waals surface area contributed by atoms with Gasteiger partial charge in [-0.3, -0.25) is 9.59 Å². The summed E-state index contributed by atoms with van der Waals surface area (Å²) in [6, 6.07) is 8.14. The Morgan fingerprint density at radius 1 is 1.33 bits per heavy atom. The number of sulfonamides is 1. The predicted molar refractivity (Wildman–Crippen MR) is 91.5 cm³/mol. The summed E-state index contributed by atoms with van der Waals surface area (Å²) in [5.74, 6) is -0.252. The number of aromatic amines is 1. The summed E-state index contributed by atoms with van der Waals surface area (Å²) in [4.78, 5) is 29.0. The molecule has 1 aromatic carbocycles. The van der Waals surface area contributed by atoms with Crippen molar-refractivity contribution in [1.29, 1.82) is 0 Å². The first kappa shape index (κ1) is 16.7. The van der Waals surface area contributed by atoms with E-state index in [4.69, 9.17) is 0 Å². The number of aromatic nitrogens is 1. The van der Waals surface area contributed by atoms with Crippen molar-refractivity contribution >= 4 is 26.8 Å². The smallest absolute Gasteiger partial charge is 0.254 e. The number of nitrogens with zero attached hydrogens (tertiary/aromatic N) is 1. The lowest BCUT2D eigenvalue weighted by Crippen LogP contribution is -2.49. The number of rotatable bonds is 3. The first-order chi connectivity index (χ1) is 11.3. The Kier molecular flexibility index (Phi) is 4.42. The summed E-state index contributed by atoms with van der Waals surface area (Å²) in [5, 5.41) is 0.681. The van der Waals surface area contributed by atoms with Gasteiger partial charge in [-0.15, -0.1) is 0 Å². The van der Waals surface area contributed by atoms with E-state index >= 15 is 0 Å². The fourth-order valence-corrected chi connectivity index (χ4v) is 3.91. The van der Waals surface area contributed by atoms with Crippen LogP contribution < -0.4 is 10.3 Å². The van der Waals surface area contributed by atoms with Crippen molar-refractivity contribution in [2.45, 2.75) is 18.9 Å². The number of pyridine rings is 1. The van der Waals surface area contributed by atoms with Gasteiger partial charge in [-0.2, -0.15) is 0 Å². The van der Waals surface area contributed by atoms with Gasteiger partial charge in [-0.1, -0.05) is 18.2 Å². The van der Waals surface area contributed by atoms with Crippen molar-refractivity contribution < 1.29 is 13.2 Å². The molecule has 2 N–H and O–H groups in total. The van der Waals surface area contributed by atoms with Crippen LogP contribution in [0.4, 0.5) is 0 Å². The minimum absolute atomic E-state index is 0.252.